The zero-order valence-electron chi connectivity index (χ0n) is 20.7. The lowest BCUT2D eigenvalue weighted by atomic mass is 9.61. The SMILES string of the molecule is COCO[C@@H]1[C@@H]2C[C@H](O)C=C(C(C)=O)[C@@H]2[C@H](OCc2ccccc2)[C@@H](C)[C@H]1OCc1ccccc1. The molecule has 0 spiro atoms. The van der Waals surface area contributed by atoms with Crippen molar-refractivity contribution in [3.8, 4) is 0 Å². The first kappa shape index (κ1) is 25.7. The highest BCUT2D eigenvalue weighted by Crippen LogP contribution is 2.47. The maximum absolute atomic E-state index is 12.7. The molecule has 4 rings (SSSR count). The van der Waals surface area contributed by atoms with Crippen LogP contribution < -0.4 is 0 Å². The second kappa shape index (κ2) is 12.1. The largest absolute Gasteiger partial charge is 0.389 e. The maximum Gasteiger partial charge on any atom is 0.155 e. The van der Waals surface area contributed by atoms with E-state index < -0.39 is 6.10 Å². The Balaban J connectivity index is 1.66. The summed E-state index contributed by atoms with van der Waals surface area (Å²) in [4.78, 5) is 12.7. The molecular formula is C29H36O6. The second-order valence-electron chi connectivity index (χ2n) is 9.59. The Morgan fingerprint density at radius 2 is 1.46 bits per heavy atom. The Morgan fingerprint density at radius 1 is 0.886 bits per heavy atom. The van der Waals surface area contributed by atoms with Gasteiger partial charge < -0.3 is 24.1 Å². The van der Waals surface area contributed by atoms with E-state index in [1.165, 1.54) is 0 Å². The Morgan fingerprint density at radius 3 is 2.00 bits per heavy atom. The van der Waals surface area contributed by atoms with Gasteiger partial charge in [0.15, 0.2) is 5.78 Å². The maximum atomic E-state index is 12.7. The molecule has 0 aliphatic heterocycles. The van der Waals surface area contributed by atoms with Crippen molar-refractivity contribution in [1.82, 2.24) is 0 Å². The Kier molecular flexibility index (Phi) is 8.87. The standard InChI is InChI=1S/C29H36O6/c1-19-27(33-16-21-10-6-4-7-11-21)26-24(20(2)30)14-23(31)15-25(26)29(35-18-32-3)28(19)34-17-22-12-8-5-9-13-22/h4-14,19,23,25-29,31H,15-18H2,1-3H3/t19-,23-,25-,26+,27-,28-,29-/m1/s1. The first-order chi connectivity index (χ1) is 17.0. The summed E-state index contributed by atoms with van der Waals surface area (Å²) in [5, 5.41) is 10.7. The third-order valence-electron chi connectivity index (χ3n) is 7.20. The molecule has 2 aliphatic carbocycles. The monoisotopic (exact) mass is 480 g/mol. The topological polar surface area (TPSA) is 74.2 Å². The fourth-order valence-electron chi connectivity index (χ4n) is 5.61. The van der Waals surface area contributed by atoms with E-state index in [2.05, 4.69) is 6.92 Å². The molecule has 0 heterocycles. The van der Waals surface area contributed by atoms with Gasteiger partial charge in [-0.15, -0.1) is 0 Å². The highest BCUT2D eigenvalue weighted by atomic mass is 16.7. The Hall–Kier alpha value is -2.35. The van der Waals surface area contributed by atoms with Crippen molar-refractivity contribution in [2.45, 2.75) is 57.9 Å². The number of benzene rings is 2. The van der Waals surface area contributed by atoms with Gasteiger partial charge >= 0.3 is 0 Å². The molecule has 6 heteroatoms. The molecule has 35 heavy (non-hydrogen) atoms. The predicted octanol–water partition coefficient (Wildman–Crippen LogP) is 4.31. The molecule has 1 fully saturated rings. The van der Waals surface area contributed by atoms with E-state index in [0.29, 0.717) is 25.2 Å². The molecule has 0 unspecified atom stereocenters. The quantitative estimate of drug-likeness (QED) is 0.511. The summed E-state index contributed by atoms with van der Waals surface area (Å²) in [6.07, 6.45) is 0.527. The molecule has 0 bridgehead atoms. The fraction of sp³-hybridized carbons (Fsp3) is 0.483. The summed E-state index contributed by atoms with van der Waals surface area (Å²) in [6.45, 7) is 4.64. The van der Waals surface area contributed by atoms with Gasteiger partial charge in [0, 0.05) is 18.9 Å². The summed E-state index contributed by atoms with van der Waals surface area (Å²) in [6, 6.07) is 20.1. The van der Waals surface area contributed by atoms with Crippen LogP contribution in [0.25, 0.3) is 0 Å². The van der Waals surface area contributed by atoms with Crippen LogP contribution in [0.5, 0.6) is 0 Å². The molecule has 2 aromatic rings. The lowest BCUT2D eigenvalue weighted by Gasteiger charge is -2.52. The minimum absolute atomic E-state index is 0.0478. The van der Waals surface area contributed by atoms with Gasteiger partial charge in [-0.3, -0.25) is 4.79 Å². The van der Waals surface area contributed by atoms with E-state index in [9.17, 15) is 9.90 Å². The van der Waals surface area contributed by atoms with Crippen LogP contribution in [0, 0.1) is 17.8 Å². The number of rotatable bonds is 10. The third kappa shape index (κ3) is 6.08. The number of ether oxygens (including phenoxy) is 4. The average molecular weight is 481 g/mol. The smallest absolute Gasteiger partial charge is 0.155 e. The van der Waals surface area contributed by atoms with Crippen molar-refractivity contribution in [3.63, 3.8) is 0 Å². The van der Waals surface area contributed by atoms with Crippen molar-refractivity contribution >= 4 is 5.78 Å². The number of carbonyl (C=O) groups excluding carboxylic acids is 1. The number of carbonyl (C=O) groups is 1. The summed E-state index contributed by atoms with van der Waals surface area (Å²) < 4.78 is 24.5. The van der Waals surface area contributed by atoms with E-state index in [-0.39, 0.29) is 48.6 Å². The molecule has 1 saturated carbocycles. The number of hydrogen-bond donors (Lipinski definition) is 1. The fourth-order valence-corrected chi connectivity index (χ4v) is 5.61. The minimum Gasteiger partial charge on any atom is -0.389 e. The van der Waals surface area contributed by atoms with Crippen molar-refractivity contribution in [3.05, 3.63) is 83.4 Å². The summed E-state index contributed by atoms with van der Waals surface area (Å²) in [5.74, 6) is -0.466. The van der Waals surface area contributed by atoms with Crippen molar-refractivity contribution < 1.29 is 28.8 Å². The molecule has 2 aliphatic rings. The average Bonchev–Trinajstić information content (AvgIpc) is 2.87. The first-order valence-electron chi connectivity index (χ1n) is 12.3. The van der Waals surface area contributed by atoms with E-state index >= 15 is 0 Å². The van der Waals surface area contributed by atoms with E-state index in [4.69, 9.17) is 18.9 Å². The van der Waals surface area contributed by atoms with E-state index in [0.717, 1.165) is 11.1 Å². The number of hydrogen-bond acceptors (Lipinski definition) is 6. The lowest BCUT2D eigenvalue weighted by Crippen LogP contribution is -2.59. The normalized spacial score (nSPS) is 30.4. The molecule has 188 valence electrons. The van der Waals surface area contributed by atoms with Crippen molar-refractivity contribution in [2.24, 2.45) is 17.8 Å². The summed E-state index contributed by atoms with van der Waals surface area (Å²) >= 11 is 0. The summed E-state index contributed by atoms with van der Waals surface area (Å²) in [5.41, 5.74) is 2.76. The molecule has 0 saturated heterocycles. The molecule has 0 radical (unpaired) electrons. The second-order valence-corrected chi connectivity index (χ2v) is 9.59. The summed E-state index contributed by atoms with van der Waals surface area (Å²) in [7, 11) is 1.59. The molecule has 7 atom stereocenters. The van der Waals surface area contributed by atoms with Crippen LogP contribution >= 0.6 is 0 Å². The molecule has 6 nitrogen and oxygen atoms in total. The number of methoxy groups -OCH3 is 1. The van der Waals surface area contributed by atoms with Gasteiger partial charge in [-0.2, -0.15) is 0 Å². The molecular weight excluding hydrogens is 444 g/mol. The van der Waals surface area contributed by atoms with Gasteiger partial charge in [-0.05, 0) is 42.0 Å². The van der Waals surface area contributed by atoms with Crippen LogP contribution in [-0.4, -0.2) is 49.2 Å². The Bertz CT molecular complexity index is 975. The van der Waals surface area contributed by atoms with Crippen LogP contribution in [-0.2, 0) is 37.0 Å². The highest BCUT2D eigenvalue weighted by molar-refractivity contribution is 5.94. The number of aliphatic hydroxyl groups excluding tert-OH is 1. The van der Waals surface area contributed by atoms with Gasteiger partial charge in [0.2, 0.25) is 0 Å². The van der Waals surface area contributed by atoms with E-state index in [1.54, 1.807) is 20.1 Å². The number of ketones is 1. The van der Waals surface area contributed by atoms with Gasteiger partial charge in [0.1, 0.15) is 6.79 Å². The molecule has 1 N–H and O–H groups in total. The van der Waals surface area contributed by atoms with Crippen LogP contribution in [0.15, 0.2) is 72.3 Å². The Labute approximate surface area is 207 Å². The van der Waals surface area contributed by atoms with Gasteiger partial charge in [-0.25, -0.2) is 0 Å². The molecule has 0 amide bonds. The van der Waals surface area contributed by atoms with E-state index in [1.807, 2.05) is 60.7 Å². The van der Waals surface area contributed by atoms with Crippen molar-refractivity contribution in [1.29, 1.82) is 0 Å². The van der Waals surface area contributed by atoms with Gasteiger partial charge in [0.25, 0.3) is 0 Å². The minimum atomic E-state index is -0.721. The number of Topliss-reactive ketones (excluding diaryl/α,β-unsaturated/α-hetero) is 1. The lowest BCUT2D eigenvalue weighted by molar-refractivity contribution is -0.224. The van der Waals surface area contributed by atoms with Crippen LogP contribution in [0.1, 0.15) is 31.4 Å². The number of aliphatic hydroxyl groups is 1. The van der Waals surface area contributed by atoms with Gasteiger partial charge in [0.05, 0.1) is 37.6 Å². The number of fused-ring (bicyclic) bond motifs is 1. The van der Waals surface area contributed by atoms with Crippen LogP contribution in [0.4, 0.5) is 0 Å². The molecule has 0 aromatic heterocycles. The predicted molar refractivity (Wildman–Crippen MR) is 132 cm³/mol. The zero-order chi connectivity index (χ0) is 24.8. The zero-order valence-corrected chi connectivity index (χ0v) is 20.7. The molecule has 2 aromatic carbocycles. The highest BCUT2D eigenvalue weighted by Gasteiger charge is 2.54. The van der Waals surface area contributed by atoms with Crippen molar-refractivity contribution in [2.75, 3.05) is 13.9 Å². The third-order valence-corrected chi connectivity index (χ3v) is 7.20. The van der Waals surface area contributed by atoms with Crippen LogP contribution in [0.3, 0.4) is 0 Å². The van der Waals surface area contributed by atoms with Crippen LogP contribution in [0.2, 0.25) is 0 Å². The first-order valence-corrected chi connectivity index (χ1v) is 12.3. The van der Waals surface area contributed by atoms with Gasteiger partial charge in [-0.1, -0.05) is 67.6 Å².